The number of hydrogen-bond donors (Lipinski definition) is 3. The third kappa shape index (κ3) is 4.69. The maximum atomic E-state index is 13.7. The van der Waals surface area contributed by atoms with Crippen LogP contribution in [0.4, 0.5) is 23.7 Å². The molecule has 0 aliphatic heterocycles. The van der Waals surface area contributed by atoms with E-state index in [4.69, 9.17) is 9.84 Å². The van der Waals surface area contributed by atoms with Crippen molar-refractivity contribution >= 4 is 28.8 Å². The minimum Gasteiger partial charge on any atom is -0.476 e. The summed E-state index contributed by atoms with van der Waals surface area (Å²) in [5.41, 5.74) is -3.44. The number of anilines is 1. The van der Waals surface area contributed by atoms with Crippen molar-refractivity contribution < 1.29 is 32.6 Å². The number of rotatable bonds is 5. The number of carboxylic acid groups (broad SMARTS) is 1. The Labute approximate surface area is 186 Å². The predicted octanol–water partition coefficient (Wildman–Crippen LogP) is 2.97. The van der Waals surface area contributed by atoms with Crippen molar-refractivity contribution in [1.29, 1.82) is 0 Å². The monoisotopic (exact) mass is 474 g/mol. The summed E-state index contributed by atoms with van der Waals surface area (Å²) in [5, 5.41) is 11.5. The largest absolute Gasteiger partial charge is 0.476 e. The fourth-order valence-corrected chi connectivity index (χ4v) is 3.01. The second-order valence-corrected chi connectivity index (χ2v) is 6.81. The Kier molecular flexibility index (Phi) is 5.71. The molecule has 0 unspecified atom stereocenters. The van der Waals surface area contributed by atoms with Gasteiger partial charge in [0.05, 0.1) is 34.3 Å². The molecule has 0 radical (unpaired) electrons. The number of amides is 1. The Morgan fingerprint density at radius 2 is 1.94 bits per heavy atom. The third-order valence-corrected chi connectivity index (χ3v) is 4.51. The van der Waals surface area contributed by atoms with Crippen LogP contribution in [0.3, 0.4) is 0 Å². The quantitative estimate of drug-likeness (QED) is 0.399. The number of carboxylic acids is 1. The molecule has 14 heteroatoms. The summed E-state index contributed by atoms with van der Waals surface area (Å²) in [7, 11) is 0. The second kappa shape index (κ2) is 8.65. The number of carbonyl (C=O) groups is 2. The highest BCUT2D eigenvalue weighted by Gasteiger charge is 2.35. The molecule has 0 fully saturated rings. The second-order valence-electron chi connectivity index (χ2n) is 6.81. The lowest BCUT2D eigenvalue weighted by atomic mass is 10.1. The van der Waals surface area contributed by atoms with E-state index in [0.29, 0.717) is 11.8 Å². The van der Waals surface area contributed by atoms with Crippen LogP contribution >= 0.6 is 0 Å². The highest BCUT2D eigenvalue weighted by atomic mass is 19.4. The molecule has 0 atom stereocenters. The van der Waals surface area contributed by atoms with Crippen molar-refractivity contribution in [1.82, 2.24) is 24.5 Å². The Morgan fingerprint density at radius 3 is 2.62 bits per heavy atom. The van der Waals surface area contributed by atoms with E-state index >= 15 is 0 Å². The number of aromatic amines is 1. The lowest BCUT2D eigenvalue weighted by Crippen LogP contribution is -2.20. The van der Waals surface area contributed by atoms with Gasteiger partial charge >= 0.3 is 18.2 Å². The van der Waals surface area contributed by atoms with Gasteiger partial charge in [0.1, 0.15) is 6.61 Å². The highest BCUT2D eigenvalue weighted by molar-refractivity contribution is 5.88. The first-order valence-electron chi connectivity index (χ1n) is 9.37. The first-order valence-corrected chi connectivity index (χ1v) is 9.37. The first-order chi connectivity index (χ1) is 16.1. The molecule has 174 valence electrons. The molecule has 4 aromatic rings. The van der Waals surface area contributed by atoms with E-state index < -0.39 is 40.7 Å². The SMILES string of the molecule is O=C(Nc1ccncc1)OCc1cn(-c2cc3nc(C(=O)O)c(=O)[nH]c3cc2C(F)(F)F)cn1. The van der Waals surface area contributed by atoms with Crippen LogP contribution in [0.2, 0.25) is 0 Å². The number of imidazole rings is 1. The summed E-state index contributed by atoms with van der Waals surface area (Å²) in [5.74, 6) is -1.63. The number of nitrogens with zero attached hydrogens (tertiary/aromatic N) is 4. The zero-order valence-corrected chi connectivity index (χ0v) is 16.8. The number of aromatic nitrogens is 5. The standard InChI is InChI=1S/C20H13F3N6O5/c21-20(22,23)12-5-13-14(27-16(18(31)32)17(30)28-13)6-15(12)29-7-11(25-9-29)8-34-19(33)26-10-1-3-24-4-2-10/h1-7,9H,8H2,(H,28,30)(H,31,32)(H,24,26,33). The lowest BCUT2D eigenvalue weighted by molar-refractivity contribution is -0.137. The van der Waals surface area contributed by atoms with Crippen molar-refractivity contribution in [3.05, 3.63) is 76.5 Å². The molecule has 0 aliphatic rings. The Hall–Kier alpha value is -4.75. The number of ether oxygens (including phenoxy) is 1. The van der Waals surface area contributed by atoms with Gasteiger partial charge in [0.15, 0.2) is 0 Å². The molecule has 3 heterocycles. The predicted molar refractivity (Wildman–Crippen MR) is 109 cm³/mol. The summed E-state index contributed by atoms with van der Waals surface area (Å²) < 4.78 is 47.2. The molecule has 0 spiro atoms. The van der Waals surface area contributed by atoms with Crippen LogP contribution in [-0.2, 0) is 17.5 Å². The number of nitrogens with one attached hydrogen (secondary N) is 2. The van der Waals surface area contributed by atoms with Crippen LogP contribution < -0.4 is 10.9 Å². The van der Waals surface area contributed by atoms with Crippen LogP contribution in [0.25, 0.3) is 16.7 Å². The molecule has 0 aliphatic carbocycles. The number of benzene rings is 1. The van der Waals surface area contributed by atoms with Crippen molar-refractivity contribution in [2.45, 2.75) is 12.8 Å². The van der Waals surface area contributed by atoms with Gasteiger partial charge in [-0.05, 0) is 24.3 Å². The zero-order valence-electron chi connectivity index (χ0n) is 16.8. The van der Waals surface area contributed by atoms with Gasteiger partial charge in [-0.15, -0.1) is 0 Å². The summed E-state index contributed by atoms with van der Waals surface area (Å²) in [4.78, 5) is 48.3. The highest BCUT2D eigenvalue weighted by Crippen LogP contribution is 2.35. The topological polar surface area (TPSA) is 152 Å². The number of alkyl halides is 3. The van der Waals surface area contributed by atoms with Gasteiger partial charge in [0, 0.05) is 24.3 Å². The number of hydrogen-bond acceptors (Lipinski definition) is 7. The normalized spacial score (nSPS) is 11.4. The van der Waals surface area contributed by atoms with Crippen molar-refractivity contribution in [2.24, 2.45) is 0 Å². The Balaban J connectivity index is 1.63. The molecular weight excluding hydrogens is 461 g/mol. The fraction of sp³-hybridized carbons (Fsp3) is 0.100. The smallest absolute Gasteiger partial charge is 0.418 e. The van der Waals surface area contributed by atoms with E-state index in [2.05, 4.69) is 25.3 Å². The number of fused-ring (bicyclic) bond motifs is 1. The van der Waals surface area contributed by atoms with Gasteiger partial charge < -0.3 is 19.4 Å². The van der Waals surface area contributed by atoms with Crippen LogP contribution in [-0.4, -0.2) is 41.7 Å². The summed E-state index contributed by atoms with van der Waals surface area (Å²) in [6, 6.07) is 4.70. The maximum absolute atomic E-state index is 13.7. The maximum Gasteiger partial charge on any atom is 0.418 e. The van der Waals surface area contributed by atoms with E-state index in [-0.39, 0.29) is 23.3 Å². The minimum atomic E-state index is -4.82. The third-order valence-electron chi connectivity index (χ3n) is 4.51. The van der Waals surface area contributed by atoms with Crippen LogP contribution in [0.15, 0.2) is 54.0 Å². The van der Waals surface area contributed by atoms with E-state index in [1.54, 1.807) is 0 Å². The average Bonchev–Trinajstić information content (AvgIpc) is 3.25. The molecule has 1 aromatic carbocycles. The molecule has 4 rings (SSSR count). The molecule has 3 aromatic heterocycles. The van der Waals surface area contributed by atoms with Gasteiger partial charge in [-0.3, -0.25) is 15.1 Å². The van der Waals surface area contributed by atoms with Crippen molar-refractivity contribution in [3.8, 4) is 5.69 Å². The zero-order chi connectivity index (χ0) is 24.5. The number of carbonyl (C=O) groups excluding carboxylic acids is 1. The molecular formula is C20H13F3N6O5. The first kappa shape index (κ1) is 22.4. The summed E-state index contributed by atoms with van der Waals surface area (Å²) in [6.07, 6.45) is -0.431. The molecule has 1 amide bonds. The summed E-state index contributed by atoms with van der Waals surface area (Å²) in [6.45, 7) is -0.340. The van der Waals surface area contributed by atoms with E-state index in [9.17, 15) is 27.6 Å². The van der Waals surface area contributed by atoms with E-state index in [1.807, 2.05) is 0 Å². The van der Waals surface area contributed by atoms with Crippen LogP contribution in [0, 0.1) is 0 Å². The molecule has 11 nitrogen and oxygen atoms in total. The van der Waals surface area contributed by atoms with Gasteiger partial charge in [-0.1, -0.05) is 0 Å². The van der Waals surface area contributed by atoms with Gasteiger partial charge in [-0.2, -0.15) is 13.2 Å². The van der Waals surface area contributed by atoms with Gasteiger partial charge in [-0.25, -0.2) is 19.6 Å². The number of H-pyrrole nitrogens is 1. The van der Waals surface area contributed by atoms with Crippen LogP contribution in [0.5, 0.6) is 0 Å². The van der Waals surface area contributed by atoms with Gasteiger partial charge in [0.2, 0.25) is 5.69 Å². The fourth-order valence-electron chi connectivity index (χ4n) is 3.01. The molecule has 0 saturated heterocycles. The molecule has 3 N–H and O–H groups in total. The molecule has 0 saturated carbocycles. The Bertz CT molecular complexity index is 1450. The van der Waals surface area contributed by atoms with E-state index in [1.165, 1.54) is 30.7 Å². The molecule has 34 heavy (non-hydrogen) atoms. The summed E-state index contributed by atoms with van der Waals surface area (Å²) >= 11 is 0. The molecule has 0 bridgehead atoms. The van der Waals surface area contributed by atoms with E-state index in [0.717, 1.165) is 17.0 Å². The Morgan fingerprint density at radius 1 is 1.21 bits per heavy atom. The number of pyridine rings is 1. The van der Waals surface area contributed by atoms with Crippen molar-refractivity contribution in [3.63, 3.8) is 0 Å². The number of halogens is 3. The lowest BCUT2D eigenvalue weighted by Gasteiger charge is -2.14. The average molecular weight is 474 g/mol. The minimum absolute atomic E-state index is 0.138. The van der Waals surface area contributed by atoms with Gasteiger partial charge in [0.25, 0.3) is 5.56 Å². The van der Waals surface area contributed by atoms with Crippen molar-refractivity contribution in [2.75, 3.05) is 5.32 Å². The van der Waals surface area contributed by atoms with Crippen LogP contribution in [0.1, 0.15) is 21.7 Å². The number of aromatic carboxylic acids is 1.